The third kappa shape index (κ3) is 5.48. The smallest absolute Gasteiger partial charge is 0.0182 e. The van der Waals surface area contributed by atoms with Crippen molar-refractivity contribution in [3.63, 3.8) is 0 Å². The minimum absolute atomic E-state index is 0.581. The summed E-state index contributed by atoms with van der Waals surface area (Å²) in [5.41, 5.74) is 8.14. The maximum atomic E-state index is 5.18. The monoisotopic (exact) mass is 111 g/mol. The van der Waals surface area contributed by atoms with Crippen LogP contribution in [0.4, 0.5) is 0 Å². The van der Waals surface area contributed by atoms with Gasteiger partial charge in [0.2, 0.25) is 0 Å². The van der Waals surface area contributed by atoms with Crippen molar-refractivity contribution >= 4 is 0 Å². The van der Waals surface area contributed by atoms with Gasteiger partial charge in [-0.1, -0.05) is 13.8 Å². The Labute approximate surface area is 50.9 Å². The van der Waals surface area contributed by atoms with Crippen LogP contribution in [0, 0.1) is 5.92 Å². The molecule has 0 aliphatic rings. The van der Waals surface area contributed by atoms with Gasteiger partial charge in [0.05, 0.1) is 0 Å². The second-order valence-electron chi connectivity index (χ2n) is 2.02. The molecule has 0 radical (unpaired) electrons. The molecule has 2 N–H and O–H groups in total. The molecule has 0 saturated heterocycles. The average molecular weight is 111 g/mol. The molecule has 1 heteroatoms. The highest BCUT2D eigenvalue weighted by Gasteiger charge is 1.77. The molecule has 0 aromatic rings. The lowest BCUT2D eigenvalue weighted by atomic mass is 10.2. The maximum Gasteiger partial charge on any atom is 0.0182 e. The molecule has 0 bridgehead atoms. The SMILES string of the molecule is CC(C)C=C=CCN. The summed E-state index contributed by atoms with van der Waals surface area (Å²) in [6, 6.07) is 0. The van der Waals surface area contributed by atoms with Crippen LogP contribution in [0.3, 0.4) is 0 Å². The molecule has 0 heterocycles. The summed E-state index contributed by atoms with van der Waals surface area (Å²) in [5, 5.41) is 0. The summed E-state index contributed by atoms with van der Waals surface area (Å²) in [7, 11) is 0. The van der Waals surface area contributed by atoms with E-state index in [0.29, 0.717) is 12.5 Å². The van der Waals surface area contributed by atoms with Crippen LogP contribution in [0.5, 0.6) is 0 Å². The first-order valence-corrected chi connectivity index (χ1v) is 2.88. The van der Waals surface area contributed by atoms with Gasteiger partial charge in [-0.15, -0.1) is 5.73 Å². The van der Waals surface area contributed by atoms with Crippen molar-refractivity contribution in [3.8, 4) is 0 Å². The van der Waals surface area contributed by atoms with Crippen molar-refractivity contribution < 1.29 is 0 Å². The molecule has 0 unspecified atom stereocenters. The second kappa shape index (κ2) is 4.63. The fourth-order valence-corrected chi connectivity index (χ4v) is 0.329. The van der Waals surface area contributed by atoms with Crippen molar-refractivity contribution in [1.82, 2.24) is 0 Å². The van der Waals surface area contributed by atoms with Crippen LogP contribution in [0.2, 0.25) is 0 Å². The van der Waals surface area contributed by atoms with E-state index in [9.17, 15) is 0 Å². The molecular formula is C7H13N. The van der Waals surface area contributed by atoms with Gasteiger partial charge in [-0.05, 0) is 18.1 Å². The first-order valence-electron chi connectivity index (χ1n) is 2.88. The summed E-state index contributed by atoms with van der Waals surface area (Å²) in [4.78, 5) is 0. The van der Waals surface area contributed by atoms with E-state index in [1.165, 1.54) is 0 Å². The van der Waals surface area contributed by atoms with Gasteiger partial charge >= 0.3 is 0 Å². The van der Waals surface area contributed by atoms with Gasteiger partial charge in [0, 0.05) is 6.54 Å². The Bertz CT molecular complexity index is 97.0. The van der Waals surface area contributed by atoms with Crippen LogP contribution in [-0.4, -0.2) is 6.54 Å². The van der Waals surface area contributed by atoms with Gasteiger partial charge in [0.25, 0.3) is 0 Å². The third-order valence-corrected chi connectivity index (χ3v) is 0.665. The fourth-order valence-electron chi connectivity index (χ4n) is 0.329. The van der Waals surface area contributed by atoms with Crippen molar-refractivity contribution in [1.29, 1.82) is 0 Å². The molecule has 0 spiro atoms. The molecule has 0 rings (SSSR count). The van der Waals surface area contributed by atoms with Crippen LogP contribution in [0.15, 0.2) is 17.9 Å². The van der Waals surface area contributed by atoms with E-state index in [-0.39, 0.29) is 0 Å². The summed E-state index contributed by atoms with van der Waals surface area (Å²) in [6.07, 6.45) is 3.81. The number of rotatable bonds is 2. The first-order chi connectivity index (χ1) is 3.77. The van der Waals surface area contributed by atoms with Crippen molar-refractivity contribution in [2.45, 2.75) is 13.8 Å². The van der Waals surface area contributed by atoms with E-state index in [2.05, 4.69) is 19.6 Å². The molecule has 0 aliphatic carbocycles. The predicted octanol–water partition coefficient (Wildman–Crippen LogP) is 1.31. The normalized spacial score (nSPS) is 8.50. The molecule has 0 fully saturated rings. The maximum absolute atomic E-state index is 5.18. The number of hydrogen-bond acceptors (Lipinski definition) is 1. The highest BCUT2D eigenvalue weighted by molar-refractivity contribution is 4.87. The molecule has 0 aromatic carbocycles. The molecule has 0 aliphatic heterocycles. The van der Waals surface area contributed by atoms with Gasteiger partial charge in [-0.3, -0.25) is 0 Å². The van der Waals surface area contributed by atoms with E-state index in [4.69, 9.17) is 5.73 Å². The summed E-state index contributed by atoms with van der Waals surface area (Å²) in [6.45, 7) is 4.80. The van der Waals surface area contributed by atoms with Gasteiger partial charge in [-0.25, -0.2) is 0 Å². The van der Waals surface area contributed by atoms with Gasteiger partial charge < -0.3 is 5.73 Å². The van der Waals surface area contributed by atoms with E-state index in [1.807, 2.05) is 12.2 Å². The highest BCUT2D eigenvalue weighted by Crippen LogP contribution is 1.89. The van der Waals surface area contributed by atoms with Crippen molar-refractivity contribution in [2.75, 3.05) is 6.54 Å². The molecule has 46 valence electrons. The van der Waals surface area contributed by atoms with Crippen LogP contribution in [0.25, 0.3) is 0 Å². The predicted molar refractivity (Wildman–Crippen MR) is 36.5 cm³/mol. The largest absolute Gasteiger partial charge is 0.326 e. The summed E-state index contributed by atoms with van der Waals surface area (Å²) >= 11 is 0. The zero-order valence-corrected chi connectivity index (χ0v) is 5.52. The Morgan fingerprint density at radius 2 is 2.25 bits per heavy atom. The lowest BCUT2D eigenvalue weighted by molar-refractivity contribution is 0.833. The van der Waals surface area contributed by atoms with Crippen LogP contribution >= 0.6 is 0 Å². The molecule has 0 saturated carbocycles. The molecule has 0 amide bonds. The number of nitrogens with two attached hydrogens (primary N) is 1. The third-order valence-electron chi connectivity index (χ3n) is 0.665. The first kappa shape index (κ1) is 7.48. The van der Waals surface area contributed by atoms with Crippen LogP contribution in [-0.2, 0) is 0 Å². The van der Waals surface area contributed by atoms with Crippen LogP contribution < -0.4 is 5.73 Å². The van der Waals surface area contributed by atoms with Crippen molar-refractivity contribution in [2.24, 2.45) is 11.7 Å². The standard InChI is InChI=1S/C7H13N/c1-7(2)5-3-4-6-8/h4-5,7H,6,8H2,1-2H3. The van der Waals surface area contributed by atoms with E-state index >= 15 is 0 Å². The zero-order chi connectivity index (χ0) is 6.41. The Balaban J connectivity index is 3.47. The molecule has 8 heavy (non-hydrogen) atoms. The van der Waals surface area contributed by atoms with Crippen molar-refractivity contribution in [3.05, 3.63) is 17.9 Å². The average Bonchev–Trinajstić information content (AvgIpc) is 1.66. The van der Waals surface area contributed by atoms with Gasteiger partial charge in [0.15, 0.2) is 0 Å². The Hall–Kier alpha value is -0.520. The van der Waals surface area contributed by atoms with E-state index in [1.54, 1.807) is 0 Å². The van der Waals surface area contributed by atoms with Crippen LogP contribution in [0.1, 0.15) is 13.8 Å². The summed E-state index contributed by atoms with van der Waals surface area (Å²) in [5.74, 6) is 0.581. The minimum atomic E-state index is 0.581. The quantitative estimate of drug-likeness (QED) is 0.534. The summed E-state index contributed by atoms with van der Waals surface area (Å²) < 4.78 is 0. The Morgan fingerprint density at radius 1 is 1.62 bits per heavy atom. The lowest BCUT2D eigenvalue weighted by Crippen LogP contribution is -1.91. The minimum Gasteiger partial charge on any atom is -0.326 e. The van der Waals surface area contributed by atoms with Gasteiger partial charge in [-0.2, -0.15) is 0 Å². The molecule has 0 aromatic heterocycles. The Kier molecular flexibility index (Phi) is 4.33. The zero-order valence-electron chi connectivity index (χ0n) is 5.52. The fraction of sp³-hybridized carbons (Fsp3) is 0.571. The molecule has 1 nitrogen and oxygen atoms in total. The highest BCUT2D eigenvalue weighted by atomic mass is 14.5. The second-order valence-corrected chi connectivity index (χ2v) is 2.02. The van der Waals surface area contributed by atoms with E-state index in [0.717, 1.165) is 0 Å². The van der Waals surface area contributed by atoms with Gasteiger partial charge in [0.1, 0.15) is 0 Å². The number of hydrogen-bond donors (Lipinski definition) is 1. The molecule has 0 atom stereocenters. The topological polar surface area (TPSA) is 26.0 Å². The molecular weight excluding hydrogens is 98.1 g/mol. The lowest BCUT2D eigenvalue weighted by Gasteiger charge is -1.85. The Morgan fingerprint density at radius 3 is 2.62 bits per heavy atom. The van der Waals surface area contributed by atoms with E-state index < -0.39 is 0 Å².